The molecule has 0 radical (unpaired) electrons. The van der Waals surface area contributed by atoms with Crippen molar-refractivity contribution < 1.29 is 4.42 Å². The predicted octanol–water partition coefficient (Wildman–Crippen LogP) is 7.29. The van der Waals surface area contributed by atoms with Gasteiger partial charge in [-0.2, -0.15) is 0 Å². The normalized spacial score (nSPS) is 12.1. The van der Waals surface area contributed by atoms with Gasteiger partial charge in [0.25, 0.3) is 0 Å². The quantitative estimate of drug-likeness (QED) is 0.295. The van der Waals surface area contributed by atoms with Gasteiger partial charge in [-0.05, 0) is 42.5 Å². The van der Waals surface area contributed by atoms with Crippen molar-refractivity contribution >= 4 is 64.6 Å². The molecule has 0 saturated carbocycles. The molecule has 0 unspecified atom stereocenters. The van der Waals surface area contributed by atoms with E-state index in [2.05, 4.69) is 65.2 Å². The van der Waals surface area contributed by atoms with E-state index in [-0.39, 0.29) is 0 Å². The van der Waals surface area contributed by atoms with E-state index < -0.39 is 0 Å². The van der Waals surface area contributed by atoms with E-state index in [0.717, 1.165) is 33.3 Å². The van der Waals surface area contributed by atoms with Crippen LogP contribution in [-0.4, -0.2) is 9.55 Å². The molecule has 136 valence electrons. The van der Waals surface area contributed by atoms with Gasteiger partial charge >= 0.3 is 0 Å². The maximum Gasteiger partial charge on any atom is 0.146 e. The summed E-state index contributed by atoms with van der Waals surface area (Å²) in [4.78, 5) is 5.98. The smallest absolute Gasteiger partial charge is 0.146 e. The topological polar surface area (TPSA) is 31.0 Å². The van der Waals surface area contributed by atoms with E-state index in [9.17, 15) is 0 Å². The number of hydrogen-bond acceptors (Lipinski definition) is 3. The van der Waals surface area contributed by atoms with E-state index >= 15 is 0 Å². The standard InChI is InChI=1S/C25H14N2OS/c1-3-9-20-16(6-1)19-14-15(11-12-21(19)28-20)27-24-18(8-5-13-26-24)23-17-7-2-4-10-22(17)29-25(23)27/h1-14H. The van der Waals surface area contributed by atoms with Gasteiger partial charge in [0.1, 0.15) is 21.6 Å². The summed E-state index contributed by atoms with van der Waals surface area (Å²) in [6, 6.07) is 27.4. The monoisotopic (exact) mass is 390 g/mol. The summed E-state index contributed by atoms with van der Waals surface area (Å²) in [5.41, 5.74) is 3.93. The predicted molar refractivity (Wildman–Crippen MR) is 121 cm³/mol. The molecular weight excluding hydrogens is 376 g/mol. The molecule has 0 amide bonds. The maximum atomic E-state index is 6.03. The first-order chi connectivity index (χ1) is 14.4. The number of rotatable bonds is 1. The molecule has 7 aromatic rings. The molecule has 3 nitrogen and oxygen atoms in total. The molecule has 0 fully saturated rings. The maximum absolute atomic E-state index is 6.03. The average molecular weight is 390 g/mol. The fourth-order valence-electron chi connectivity index (χ4n) is 4.41. The lowest BCUT2D eigenvalue weighted by Crippen LogP contribution is -1.93. The number of furan rings is 1. The third-order valence-electron chi connectivity index (χ3n) is 5.67. The van der Waals surface area contributed by atoms with Gasteiger partial charge in [-0.1, -0.05) is 36.4 Å². The van der Waals surface area contributed by atoms with E-state index in [4.69, 9.17) is 9.40 Å². The molecule has 0 aliphatic carbocycles. The molecule has 29 heavy (non-hydrogen) atoms. The molecule has 4 aromatic heterocycles. The van der Waals surface area contributed by atoms with Crippen molar-refractivity contribution in [3.05, 3.63) is 85.1 Å². The second-order valence-corrected chi connectivity index (χ2v) is 8.30. The van der Waals surface area contributed by atoms with Crippen LogP contribution in [0.15, 0.2) is 89.5 Å². The summed E-state index contributed by atoms with van der Waals surface area (Å²) in [6.45, 7) is 0. The minimum absolute atomic E-state index is 0.909. The second-order valence-electron chi connectivity index (χ2n) is 7.27. The summed E-state index contributed by atoms with van der Waals surface area (Å²) < 4.78 is 9.61. The fraction of sp³-hybridized carbons (Fsp3) is 0. The van der Waals surface area contributed by atoms with E-state index in [0.29, 0.717) is 0 Å². The number of benzene rings is 3. The lowest BCUT2D eigenvalue weighted by molar-refractivity contribution is 0.669. The lowest BCUT2D eigenvalue weighted by atomic mass is 10.1. The zero-order chi connectivity index (χ0) is 18.9. The van der Waals surface area contributed by atoms with Gasteiger partial charge in [0.05, 0.1) is 0 Å². The number of fused-ring (bicyclic) bond motifs is 8. The third kappa shape index (κ3) is 1.99. The number of hydrogen-bond donors (Lipinski definition) is 0. The van der Waals surface area contributed by atoms with Gasteiger partial charge in [-0.3, -0.25) is 4.57 Å². The van der Waals surface area contributed by atoms with Crippen molar-refractivity contribution in [2.24, 2.45) is 0 Å². The first-order valence-electron chi connectivity index (χ1n) is 9.57. The van der Waals surface area contributed by atoms with Crippen LogP contribution in [0.1, 0.15) is 0 Å². The van der Waals surface area contributed by atoms with Crippen LogP contribution in [0.4, 0.5) is 0 Å². The van der Waals surface area contributed by atoms with E-state index in [1.807, 2.05) is 35.7 Å². The van der Waals surface area contributed by atoms with Gasteiger partial charge in [0.2, 0.25) is 0 Å². The van der Waals surface area contributed by atoms with Gasteiger partial charge in [0, 0.05) is 43.5 Å². The zero-order valence-electron chi connectivity index (χ0n) is 15.3. The highest BCUT2D eigenvalue weighted by Gasteiger charge is 2.18. The molecule has 4 heterocycles. The van der Waals surface area contributed by atoms with Gasteiger partial charge in [-0.25, -0.2) is 4.98 Å². The number of aromatic nitrogens is 2. The SMILES string of the molecule is c1ccc2c(c1)oc1ccc(-n3c4ncccc4c4c5ccccc5sc43)cc12. The lowest BCUT2D eigenvalue weighted by Gasteiger charge is -2.06. The Labute approximate surface area is 169 Å². The summed E-state index contributed by atoms with van der Waals surface area (Å²) in [5.74, 6) is 0. The van der Waals surface area contributed by atoms with Crippen molar-refractivity contribution in [3.8, 4) is 5.69 Å². The molecule has 7 rings (SSSR count). The molecule has 0 saturated heterocycles. The molecular formula is C25H14N2OS. The van der Waals surface area contributed by atoms with E-state index in [1.54, 1.807) is 0 Å². The highest BCUT2D eigenvalue weighted by molar-refractivity contribution is 7.25. The molecule has 0 spiro atoms. The summed E-state index contributed by atoms with van der Waals surface area (Å²) in [7, 11) is 0. The molecule has 4 heteroatoms. The van der Waals surface area contributed by atoms with Crippen LogP contribution in [0.25, 0.3) is 59.0 Å². The Morgan fingerprint density at radius 3 is 2.48 bits per heavy atom. The molecule has 0 aliphatic rings. The van der Waals surface area contributed by atoms with Crippen LogP contribution < -0.4 is 0 Å². The second kappa shape index (κ2) is 5.46. The van der Waals surface area contributed by atoms with Gasteiger partial charge in [0.15, 0.2) is 0 Å². The number of pyridine rings is 1. The number of nitrogens with zero attached hydrogens (tertiary/aromatic N) is 2. The summed E-state index contributed by atoms with van der Waals surface area (Å²) in [6.07, 6.45) is 1.87. The largest absolute Gasteiger partial charge is 0.456 e. The Morgan fingerprint density at radius 2 is 1.52 bits per heavy atom. The number of thiophene rings is 1. The minimum Gasteiger partial charge on any atom is -0.456 e. The van der Waals surface area contributed by atoms with Crippen LogP contribution >= 0.6 is 11.3 Å². The summed E-state index contributed by atoms with van der Waals surface area (Å²) >= 11 is 1.82. The van der Waals surface area contributed by atoms with Crippen molar-refractivity contribution in [1.82, 2.24) is 9.55 Å². The molecule has 0 bridgehead atoms. The third-order valence-corrected chi connectivity index (χ3v) is 6.82. The Morgan fingerprint density at radius 1 is 0.724 bits per heavy atom. The van der Waals surface area contributed by atoms with Crippen molar-refractivity contribution in [1.29, 1.82) is 0 Å². The molecule has 3 aromatic carbocycles. The minimum atomic E-state index is 0.909. The van der Waals surface area contributed by atoms with E-state index in [1.165, 1.54) is 25.7 Å². The molecule has 0 N–H and O–H groups in total. The van der Waals surface area contributed by atoms with Crippen molar-refractivity contribution in [3.63, 3.8) is 0 Å². The Bertz CT molecular complexity index is 1720. The number of para-hydroxylation sites is 1. The van der Waals surface area contributed by atoms with Crippen molar-refractivity contribution in [2.75, 3.05) is 0 Å². The van der Waals surface area contributed by atoms with Gasteiger partial charge < -0.3 is 4.42 Å². The first-order valence-corrected chi connectivity index (χ1v) is 10.4. The highest BCUT2D eigenvalue weighted by Crippen LogP contribution is 2.42. The Balaban J connectivity index is 1.65. The van der Waals surface area contributed by atoms with Gasteiger partial charge in [-0.15, -0.1) is 11.3 Å². The average Bonchev–Trinajstić information content (AvgIpc) is 3.41. The Kier molecular flexibility index (Phi) is 2.88. The van der Waals surface area contributed by atoms with Crippen LogP contribution in [-0.2, 0) is 0 Å². The first kappa shape index (κ1) is 15.3. The van der Waals surface area contributed by atoms with Crippen LogP contribution in [0.3, 0.4) is 0 Å². The van der Waals surface area contributed by atoms with Crippen LogP contribution in [0.2, 0.25) is 0 Å². The molecule has 0 aliphatic heterocycles. The fourth-order valence-corrected chi connectivity index (χ4v) is 5.65. The van der Waals surface area contributed by atoms with Crippen molar-refractivity contribution in [2.45, 2.75) is 0 Å². The summed E-state index contributed by atoms with van der Waals surface area (Å²) in [5, 5.41) is 6.04. The zero-order valence-corrected chi connectivity index (χ0v) is 16.1. The molecule has 0 atom stereocenters. The highest BCUT2D eigenvalue weighted by atomic mass is 32.1. The van der Waals surface area contributed by atoms with Crippen LogP contribution in [0, 0.1) is 0 Å². The van der Waals surface area contributed by atoms with Crippen LogP contribution in [0.5, 0.6) is 0 Å². The Hall–Kier alpha value is -3.63.